The molecule has 0 fully saturated rings. The predicted molar refractivity (Wildman–Crippen MR) is 92.6 cm³/mol. The van der Waals surface area contributed by atoms with Crippen molar-refractivity contribution in [3.63, 3.8) is 0 Å². The molecule has 1 N–H and O–H groups in total. The number of hydrogen-bond acceptors (Lipinski definition) is 5. The molecule has 0 aliphatic carbocycles. The first-order chi connectivity index (χ1) is 11.2. The van der Waals surface area contributed by atoms with Crippen LogP contribution in [-0.4, -0.2) is 11.0 Å². The highest BCUT2D eigenvalue weighted by Gasteiger charge is 2.05. The van der Waals surface area contributed by atoms with Crippen molar-refractivity contribution in [2.24, 2.45) is 0 Å². The van der Waals surface area contributed by atoms with Crippen molar-refractivity contribution in [1.29, 1.82) is 0 Å². The Labute approximate surface area is 138 Å². The van der Waals surface area contributed by atoms with Crippen molar-refractivity contribution in [2.45, 2.75) is 13.5 Å². The van der Waals surface area contributed by atoms with Crippen LogP contribution >= 0.6 is 11.3 Å². The Morgan fingerprint density at radius 3 is 2.57 bits per heavy atom. The Kier molecular flexibility index (Phi) is 4.68. The molecule has 23 heavy (non-hydrogen) atoms. The number of ether oxygens (including phenoxy) is 1. The van der Waals surface area contributed by atoms with E-state index < -0.39 is 0 Å². The molecule has 0 bridgehead atoms. The molecule has 0 amide bonds. The summed E-state index contributed by atoms with van der Waals surface area (Å²) in [5.74, 6) is 0.220. The third-order valence-corrected chi connectivity index (χ3v) is 4.00. The van der Waals surface area contributed by atoms with E-state index in [4.69, 9.17) is 4.74 Å². The maximum Gasteiger partial charge on any atom is 0.308 e. The third kappa shape index (κ3) is 4.17. The first-order valence-electron chi connectivity index (χ1n) is 7.23. The highest BCUT2D eigenvalue weighted by Crippen LogP contribution is 2.26. The number of thiazole rings is 1. The summed E-state index contributed by atoms with van der Waals surface area (Å²) in [6.45, 7) is 2.14. The van der Waals surface area contributed by atoms with E-state index in [0.717, 1.165) is 22.9 Å². The maximum absolute atomic E-state index is 10.9. The van der Waals surface area contributed by atoms with Gasteiger partial charge in [0.15, 0.2) is 5.13 Å². The number of benzene rings is 2. The summed E-state index contributed by atoms with van der Waals surface area (Å²) < 4.78 is 5.03. The van der Waals surface area contributed by atoms with Gasteiger partial charge in [-0.1, -0.05) is 30.3 Å². The minimum absolute atomic E-state index is 0.321. The fraction of sp³-hybridized carbons (Fsp3) is 0.111. The molecule has 0 radical (unpaired) electrons. The minimum Gasteiger partial charge on any atom is -0.427 e. The monoisotopic (exact) mass is 324 g/mol. The molecule has 0 aliphatic rings. The molecule has 5 heteroatoms. The average Bonchev–Trinajstić information content (AvgIpc) is 3.03. The lowest BCUT2D eigenvalue weighted by Gasteiger charge is -2.03. The summed E-state index contributed by atoms with van der Waals surface area (Å²) in [6, 6.07) is 17.5. The molecule has 3 aromatic rings. The fourth-order valence-electron chi connectivity index (χ4n) is 2.12. The summed E-state index contributed by atoms with van der Waals surface area (Å²) in [5, 5.41) is 6.22. The lowest BCUT2D eigenvalue weighted by atomic mass is 10.2. The van der Waals surface area contributed by atoms with Crippen LogP contribution in [0.3, 0.4) is 0 Å². The molecular weight excluding hydrogens is 308 g/mol. The summed E-state index contributed by atoms with van der Waals surface area (Å²) in [7, 11) is 0. The van der Waals surface area contributed by atoms with E-state index in [1.54, 1.807) is 23.5 Å². The molecule has 0 aliphatic heterocycles. The van der Waals surface area contributed by atoms with Crippen LogP contribution in [0.1, 0.15) is 12.5 Å². The number of nitrogens with one attached hydrogen (secondary N) is 1. The lowest BCUT2D eigenvalue weighted by molar-refractivity contribution is -0.131. The standard InChI is InChI=1S/C18H16N2O2S/c1-13(21)22-16-9-7-15(8-10-16)17-12-23-18(20-17)19-11-14-5-3-2-4-6-14/h2-10,12H,11H2,1H3,(H,19,20). The summed E-state index contributed by atoms with van der Waals surface area (Å²) in [4.78, 5) is 15.5. The van der Waals surface area contributed by atoms with Gasteiger partial charge in [-0.15, -0.1) is 11.3 Å². The Bertz CT molecular complexity index is 782. The topological polar surface area (TPSA) is 51.2 Å². The maximum atomic E-state index is 10.9. The van der Waals surface area contributed by atoms with Crippen LogP contribution in [0.4, 0.5) is 5.13 Å². The molecule has 0 saturated heterocycles. The van der Waals surface area contributed by atoms with E-state index >= 15 is 0 Å². The first-order valence-corrected chi connectivity index (χ1v) is 8.11. The van der Waals surface area contributed by atoms with Crippen molar-refractivity contribution in [3.8, 4) is 17.0 Å². The molecule has 116 valence electrons. The van der Waals surface area contributed by atoms with Gasteiger partial charge < -0.3 is 10.1 Å². The molecule has 0 unspecified atom stereocenters. The summed E-state index contributed by atoms with van der Waals surface area (Å²) in [6.07, 6.45) is 0. The number of anilines is 1. The average molecular weight is 324 g/mol. The second-order valence-corrected chi connectivity index (χ2v) is 5.85. The van der Waals surface area contributed by atoms with E-state index in [9.17, 15) is 4.79 Å². The first kappa shape index (κ1) is 15.2. The van der Waals surface area contributed by atoms with Gasteiger partial charge in [0.05, 0.1) is 5.69 Å². The van der Waals surface area contributed by atoms with E-state index in [1.165, 1.54) is 12.5 Å². The molecule has 2 aromatic carbocycles. The zero-order chi connectivity index (χ0) is 16.1. The number of carbonyl (C=O) groups is 1. The second kappa shape index (κ2) is 7.07. The van der Waals surface area contributed by atoms with Crippen molar-refractivity contribution < 1.29 is 9.53 Å². The quantitative estimate of drug-likeness (QED) is 0.560. The number of carbonyl (C=O) groups excluding carboxylic acids is 1. The smallest absolute Gasteiger partial charge is 0.308 e. The van der Waals surface area contributed by atoms with E-state index in [2.05, 4.69) is 22.4 Å². The molecule has 4 nitrogen and oxygen atoms in total. The van der Waals surface area contributed by atoms with Crippen LogP contribution < -0.4 is 10.1 Å². The van der Waals surface area contributed by atoms with E-state index in [-0.39, 0.29) is 5.97 Å². The lowest BCUT2D eigenvalue weighted by Crippen LogP contribution is -2.00. The molecular formula is C18H16N2O2S. The van der Waals surface area contributed by atoms with Gasteiger partial charge in [-0.05, 0) is 29.8 Å². The number of nitrogens with zero attached hydrogens (tertiary/aromatic N) is 1. The SMILES string of the molecule is CC(=O)Oc1ccc(-c2csc(NCc3ccccc3)n2)cc1. The van der Waals surface area contributed by atoms with Crippen LogP contribution in [0, 0.1) is 0 Å². The van der Waals surface area contributed by atoms with Crippen molar-refractivity contribution in [3.05, 3.63) is 65.5 Å². The fourth-order valence-corrected chi connectivity index (χ4v) is 2.84. The molecule has 0 atom stereocenters. The van der Waals surface area contributed by atoms with Gasteiger partial charge >= 0.3 is 5.97 Å². The largest absolute Gasteiger partial charge is 0.427 e. The number of rotatable bonds is 5. The molecule has 0 spiro atoms. The zero-order valence-electron chi connectivity index (χ0n) is 12.7. The molecule has 1 aromatic heterocycles. The van der Waals surface area contributed by atoms with Crippen LogP contribution in [0.2, 0.25) is 0 Å². The van der Waals surface area contributed by atoms with Crippen molar-refractivity contribution in [2.75, 3.05) is 5.32 Å². The number of hydrogen-bond donors (Lipinski definition) is 1. The molecule has 1 heterocycles. The van der Waals surface area contributed by atoms with E-state index in [1.807, 2.05) is 35.7 Å². The van der Waals surface area contributed by atoms with Gasteiger partial charge in [0.25, 0.3) is 0 Å². The highest BCUT2D eigenvalue weighted by molar-refractivity contribution is 7.14. The van der Waals surface area contributed by atoms with Gasteiger partial charge in [-0.25, -0.2) is 4.98 Å². The Hall–Kier alpha value is -2.66. The third-order valence-electron chi connectivity index (χ3n) is 3.20. The van der Waals surface area contributed by atoms with Crippen molar-refractivity contribution in [1.82, 2.24) is 4.98 Å². The Morgan fingerprint density at radius 1 is 1.13 bits per heavy atom. The minimum atomic E-state index is -0.321. The molecule has 3 rings (SSSR count). The van der Waals surface area contributed by atoms with Gasteiger partial charge in [0, 0.05) is 24.4 Å². The second-order valence-electron chi connectivity index (χ2n) is 5.00. The van der Waals surface area contributed by atoms with Gasteiger partial charge in [0.1, 0.15) is 5.75 Å². The molecule has 0 saturated carbocycles. The van der Waals surface area contributed by atoms with Crippen molar-refractivity contribution >= 4 is 22.4 Å². The highest BCUT2D eigenvalue weighted by atomic mass is 32.1. The Balaban J connectivity index is 1.65. The number of aromatic nitrogens is 1. The van der Waals surface area contributed by atoms with Crippen LogP contribution in [-0.2, 0) is 11.3 Å². The zero-order valence-corrected chi connectivity index (χ0v) is 13.5. The van der Waals surface area contributed by atoms with Gasteiger partial charge in [0.2, 0.25) is 0 Å². The normalized spacial score (nSPS) is 10.3. The van der Waals surface area contributed by atoms with Gasteiger partial charge in [-0.3, -0.25) is 4.79 Å². The van der Waals surface area contributed by atoms with Crippen LogP contribution in [0.5, 0.6) is 5.75 Å². The van der Waals surface area contributed by atoms with Crippen LogP contribution in [0.15, 0.2) is 60.0 Å². The van der Waals surface area contributed by atoms with Gasteiger partial charge in [-0.2, -0.15) is 0 Å². The summed E-state index contributed by atoms with van der Waals surface area (Å²) >= 11 is 1.57. The number of esters is 1. The predicted octanol–water partition coefficient (Wildman–Crippen LogP) is 4.35. The Morgan fingerprint density at radius 2 is 1.87 bits per heavy atom. The van der Waals surface area contributed by atoms with E-state index in [0.29, 0.717) is 5.75 Å². The van der Waals surface area contributed by atoms with Crippen LogP contribution in [0.25, 0.3) is 11.3 Å². The summed E-state index contributed by atoms with van der Waals surface area (Å²) in [5.41, 5.74) is 3.11.